The Morgan fingerprint density at radius 3 is 2.89 bits per heavy atom. The molecule has 1 N–H and O–H groups in total. The molecule has 0 radical (unpaired) electrons. The molecule has 4 heteroatoms. The number of benzene rings is 1. The number of nitrogens with one attached hydrogen (secondary N) is 1. The second-order valence-electron chi connectivity index (χ2n) is 5.86. The molecule has 1 aliphatic carbocycles. The SMILES string of the molecule is CC1(C)CCCC1n1c(=S)[nH]c2cc(Cl)ccc21. The summed E-state index contributed by atoms with van der Waals surface area (Å²) in [6.45, 7) is 4.67. The van der Waals surface area contributed by atoms with E-state index < -0.39 is 0 Å². The number of halogens is 1. The molecule has 0 aliphatic heterocycles. The van der Waals surface area contributed by atoms with Gasteiger partial charge in [-0.2, -0.15) is 0 Å². The Kier molecular flexibility index (Phi) is 2.79. The van der Waals surface area contributed by atoms with Crippen LogP contribution in [0.2, 0.25) is 5.02 Å². The highest BCUT2D eigenvalue weighted by atomic mass is 35.5. The Balaban J connectivity index is 2.23. The molecule has 2 aromatic rings. The second kappa shape index (κ2) is 4.10. The molecule has 1 fully saturated rings. The lowest BCUT2D eigenvalue weighted by atomic mass is 9.87. The molecule has 1 unspecified atom stereocenters. The summed E-state index contributed by atoms with van der Waals surface area (Å²) in [6.07, 6.45) is 3.75. The van der Waals surface area contributed by atoms with Gasteiger partial charge in [0.15, 0.2) is 4.77 Å². The maximum absolute atomic E-state index is 6.03. The van der Waals surface area contributed by atoms with Crippen molar-refractivity contribution < 1.29 is 0 Å². The van der Waals surface area contributed by atoms with Crippen molar-refractivity contribution in [2.45, 2.75) is 39.2 Å². The maximum atomic E-state index is 6.03. The van der Waals surface area contributed by atoms with Crippen molar-refractivity contribution in [2.24, 2.45) is 5.41 Å². The highest BCUT2D eigenvalue weighted by molar-refractivity contribution is 7.71. The molecular weight excluding hydrogens is 264 g/mol. The summed E-state index contributed by atoms with van der Waals surface area (Å²) in [5.41, 5.74) is 2.52. The molecule has 0 amide bonds. The number of imidazole rings is 1. The Hall–Kier alpha value is -0.800. The van der Waals surface area contributed by atoms with E-state index in [2.05, 4.69) is 29.5 Å². The van der Waals surface area contributed by atoms with Crippen molar-refractivity contribution in [3.05, 3.63) is 28.0 Å². The molecule has 0 saturated heterocycles. The second-order valence-corrected chi connectivity index (χ2v) is 6.68. The maximum Gasteiger partial charge on any atom is 0.178 e. The zero-order chi connectivity index (χ0) is 12.9. The third kappa shape index (κ3) is 1.81. The first kappa shape index (κ1) is 12.2. The van der Waals surface area contributed by atoms with E-state index in [9.17, 15) is 0 Å². The molecule has 96 valence electrons. The molecule has 1 aromatic carbocycles. The smallest absolute Gasteiger partial charge is 0.178 e. The number of nitrogens with zero attached hydrogens (tertiary/aromatic N) is 1. The van der Waals surface area contributed by atoms with Crippen LogP contribution in [-0.4, -0.2) is 9.55 Å². The van der Waals surface area contributed by atoms with Crippen molar-refractivity contribution in [3.8, 4) is 0 Å². The minimum atomic E-state index is 0.312. The topological polar surface area (TPSA) is 20.7 Å². The fourth-order valence-electron chi connectivity index (χ4n) is 3.20. The first-order valence-corrected chi connectivity index (χ1v) is 7.17. The van der Waals surface area contributed by atoms with Crippen LogP contribution < -0.4 is 0 Å². The van der Waals surface area contributed by atoms with Crippen molar-refractivity contribution in [3.63, 3.8) is 0 Å². The lowest BCUT2D eigenvalue weighted by Gasteiger charge is -2.28. The van der Waals surface area contributed by atoms with E-state index in [-0.39, 0.29) is 0 Å². The van der Waals surface area contributed by atoms with Gasteiger partial charge in [0.25, 0.3) is 0 Å². The molecule has 1 atom stereocenters. The summed E-state index contributed by atoms with van der Waals surface area (Å²) < 4.78 is 3.10. The highest BCUT2D eigenvalue weighted by Gasteiger charge is 2.36. The third-order valence-electron chi connectivity index (χ3n) is 4.19. The molecule has 1 heterocycles. The molecule has 2 nitrogen and oxygen atoms in total. The van der Waals surface area contributed by atoms with Crippen LogP contribution in [0.15, 0.2) is 18.2 Å². The largest absolute Gasteiger partial charge is 0.331 e. The number of fused-ring (bicyclic) bond motifs is 1. The van der Waals surface area contributed by atoms with Crippen LogP contribution in [0.4, 0.5) is 0 Å². The van der Waals surface area contributed by atoms with Gasteiger partial charge in [-0.3, -0.25) is 0 Å². The van der Waals surface area contributed by atoms with Gasteiger partial charge in [0.2, 0.25) is 0 Å². The summed E-state index contributed by atoms with van der Waals surface area (Å²) in [4.78, 5) is 3.28. The average molecular weight is 281 g/mol. The standard InChI is InChI=1S/C14H17ClN2S/c1-14(2)7-3-4-12(14)17-11-6-5-9(15)8-10(11)16-13(17)18/h5-6,8,12H,3-4,7H2,1-2H3,(H,16,18). The van der Waals surface area contributed by atoms with E-state index in [1.54, 1.807) is 0 Å². The molecule has 1 saturated carbocycles. The van der Waals surface area contributed by atoms with Gasteiger partial charge in [0.05, 0.1) is 11.0 Å². The van der Waals surface area contributed by atoms with Crippen LogP contribution in [0, 0.1) is 10.2 Å². The van der Waals surface area contributed by atoms with E-state index in [1.165, 1.54) is 24.8 Å². The van der Waals surface area contributed by atoms with Crippen LogP contribution >= 0.6 is 23.8 Å². The molecule has 0 bridgehead atoms. The van der Waals surface area contributed by atoms with Crippen LogP contribution in [0.5, 0.6) is 0 Å². The lowest BCUT2D eigenvalue weighted by Crippen LogP contribution is -2.21. The fourth-order valence-corrected chi connectivity index (χ4v) is 3.71. The van der Waals surface area contributed by atoms with Crippen molar-refractivity contribution >= 4 is 34.9 Å². The van der Waals surface area contributed by atoms with Gasteiger partial charge < -0.3 is 9.55 Å². The monoisotopic (exact) mass is 280 g/mol. The Morgan fingerprint density at radius 1 is 1.44 bits per heavy atom. The Morgan fingerprint density at radius 2 is 2.22 bits per heavy atom. The lowest BCUT2D eigenvalue weighted by molar-refractivity contribution is 0.264. The van der Waals surface area contributed by atoms with Crippen LogP contribution in [0.1, 0.15) is 39.2 Å². The number of aromatic nitrogens is 2. The number of H-pyrrole nitrogens is 1. The van der Waals surface area contributed by atoms with Gasteiger partial charge in [-0.15, -0.1) is 0 Å². The third-order valence-corrected chi connectivity index (χ3v) is 4.72. The Labute approximate surface area is 117 Å². The van der Waals surface area contributed by atoms with Gasteiger partial charge >= 0.3 is 0 Å². The van der Waals surface area contributed by atoms with E-state index in [0.717, 1.165) is 15.3 Å². The molecule has 1 aromatic heterocycles. The number of aromatic amines is 1. The van der Waals surface area contributed by atoms with Gasteiger partial charge in [0.1, 0.15) is 0 Å². The molecule has 0 spiro atoms. The first-order valence-electron chi connectivity index (χ1n) is 6.39. The fraction of sp³-hybridized carbons (Fsp3) is 0.500. The predicted molar refractivity (Wildman–Crippen MR) is 78.8 cm³/mol. The van der Waals surface area contributed by atoms with Crippen LogP contribution in [0.3, 0.4) is 0 Å². The van der Waals surface area contributed by atoms with Crippen molar-refractivity contribution in [1.29, 1.82) is 0 Å². The zero-order valence-corrected chi connectivity index (χ0v) is 12.2. The molecule has 18 heavy (non-hydrogen) atoms. The van der Waals surface area contributed by atoms with Gasteiger partial charge in [-0.25, -0.2) is 0 Å². The number of hydrogen-bond donors (Lipinski definition) is 1. The highest BCUT2D eigenvalue weighted by Crippen LogP contribution is 2.47. The van der Waals surface area contributed by atoms with Crippen molar-refractivity contribution in [2.75, 3.05) is 0 Å². The quantitative estimate of drug-likeness (QED) is 0.721. The van der Waals surface area contributed by atoms with Gasteiger partial charge in [0, 0.05) is 11.1 Å². The van der Waals surface area contributed by atoms with E-state index in [4.69, 9.17) is 23.8 Å². The van der Waals surface area contributed by atoms with E-state index in [0.29, 0.717) is 11.5 Å². The van der Waals surface area contributed by atoms with Crippen molar-refractivity contribution in [1.82, 2.24) is 9.55 Å². The number of hydrogen-bond acceptors (Lipinski definition) is 1. The summed E-state index contributed by atoms with van der Waals surface area (Å²) in [7, 11) is 0. The minimum Gasteiger partial charge on any atom is -0.331 e. The van der Waals surface area contributed by atoms with Crippen LogP contribution in [-0.2, 0) is 0 Å². The van der Waals surface area contributed by atoms with E-state index in [1.807, 2.05) is 12.1 Å². The van der Waals surface area contributed by atoms with E-state index >= 15 is 0 Å². The summed E-state index contributed by atoms with van der Waals surface area (Å²) in [5, 5.41) is 0.747. The average Bonchev–Trinajstić information content (AvgIpc) is 2.76. The predicted octanol–water partition coefficient (Wildman–Crippen LogP) is 5.10. The molecule has 1 aliphatic rings. The molecule has 3 rings (SSSR count). The number of rotatable bonds is 1. The summed E-state index contributed by atoms with van der Waals surface area (Å²) in [5.74, 6) is 0. The molecular formula is C14H17ClN2S. The van der Waals surface area contributed by atoms with Gasteiger partial charge in [-0.1, -0.05) is 31.9 Å². The summed E-state index contributed by atoms with van der Waals surface area (Å²) >= 11 is 11.5. The Bertz CT molecular complexity index is 653. The normalized spacial score (nSPS) is 22.7. The minimum absolute atomic E-state index is 0.312. The van der Waals surface area contributed by atoms with Crippen LogP contribution in [0.25, 0.3) is 11.0 Å². The first-order chi connectivity index (χ1) is 8.49. The van der Waals surface area contributed by atoms with Gasteiger partial charge in [-0.05, 0) is 48.7 Å². The zero-order valence-electron chi connectivity index (χ0n) is 10.7. The summed E-state index contributed by atoms with van der Waals surface area (Å²) in [6, 6.07) is 6.44.